The molecule has 216 valence electrons. The summed E-state index contributed by atoms with van der Waals surface area (Å²) >= 11 is 0. The van der Waals surface area contributed by atoms with Crippen molar-refractivity contribution in [3.8, 4) is 28.5 Å². The van der Waals surface area contributed by atoms with Gasteiger partial charge in [0, 0.05) is 6.42 Å². The van der Waals surface area contributed by atoms with Crippen molar-refractivity contribution in [3.05, 3.63) is 99.3 Å². The zero-order valence-electron chi connectivity index (χ0n) is 23.1. The van der Waals surface area contributed by atoms with Gasteiger partial charge in [-0.15, -0.1) is 0 Å². The SMILES string of the molecule is CCOc1noc(C)c1-c1ccc(COc2c(F)ccc3nc(C(=O)CCc4ccc(F)c(OC)c4)[nH]c(=O)c23)cc1. The summed E-state index contributed by atoms with van der Waals surface area (Å²) in [7, 11) is 1.35. The second-order valence-corrected chi connectivity index (χ2v) is 9.41. The maximum Gasteiger partial charge on any atom is 0.263 e. The minimum absolute atomic E-state index is 0.00422. The number of fused-ring (bicyclic) bond motifs is 1. The molecule has 3 aromatic carbocycles. The van der Waals surface area contributed by atoms with Crippen LogP contribution >= 0.6 is 0 Å². The molecule has 0 aliphatic rings. The highest BCUT2D eigenvalue weighted by molar-refractivity contribution is 5.95. The molecule has 0 atom stereocenters. The number of rotatable bonds is 11. The summed E-state index contributed by atoms with van der Waals surface area (Å²) in [5.74, 6) is -1.02. The highest BCUT2D eigenvalue weighted by Crippen LogP contribution is 2.33. The number of carbonyl (C=O) groups excluding carboxylic acids is 1. The number of hydrogen-bond donors (Lipinski definition) is 1. The van der Waals surface area contributed by atoms with Gasteiger partial charge in [-0.2, -0.15) is 0 Å². The van der Waals surface area contributed by atoms with Crippen molar-refractivity contribution in [2.45, 2.75) is 33.3 Å². The van der Waals surface area contributed by atoms with Crippen LogP contribution in [0.15, 0.2) is 63.9 Å². The van der Waals surface area contributed by atoms with Gasteiger partial charge in [-0.05, 0) is 66.4 Å². The van der Waals surface area contributed by atoms with Crippen LogP contribution in [-0.4, -0.2) is 34.6 Å². The third-order valence-corrected chi connectivity index (χ3v) is 6.64. The average Bonchev–Trinajstić information content (AvgIpc) is 3.36. The molecule has 2 heterocycles. The molecule has 11 heteroatoms. The van der Waals surface area contributed by atoms with E-state index in [1.165, 1.54) is 25.3 Å². The largest absolute Gasteiger partial charge is 0.494 e. The molecule has 0 radical (unpaired) electrons. The molecular formula is C31H27F2N3O6. The predicted octanol–water partition coefficient (Wildman–Crippen LogP) is 5.97. The van der Waals surface area contributed by atoms with E-state index in [4.69, 9.17) is 18.7 Å². The summed E-state index contributed by atoms with van der Waals surface area (Å²) < 4.78 is 50.0. The Kier molecular flexibility index (Phi) is 8.28. The number of Topliss-reactive ketones (excluding diaryl/α,β-unsaturated/α-hetero) is 1. The van der Waals surface area contributed by atoms with E-state index < -0.39 is 23.0 Å². The van der Waals surface area contributed by atoms with Crippen molar-refractivity contribution >= 4 is 16.7 Å². The van der Waals surface area contributed by atoms with Crippen LogP contribution in [0.1, 0.15) is 40.9 Å². The van der Waals surface area contributed by atoms with Crippen molar-refractivity contribution in [2.24, 2.45) is 0 Å². The molecule has 0 saturated heterocycles. The Bertz CT molecular complexity index is 1810. The van der Waals surface area contributed by atoms with Gasteiger partial charge in [-0.1, -0.05) is 30.3 Å². The van der Waals surface area contributed by atoms with Crippen LogP contribution in [0.3, 0.4) is 0 Å². The van der Waals surface area contributed by atoms with Gasteiger partial charge in [0.1, 0.15) is 17.8 Å². The molecule has 0 saturated carbocycles. The molecule has 42 heavy (non-hydrogen) atoms. The standard InChI is InChI=1S/C31H27F2N3O6/c1-4-40-31-26(17(2)42-36-31)20-9-5-19(6-10-20)16-41-28-22(33)12-13-23-27(28)30(38)35-29(34-23)24(37)14-8-18-7-11-21(32)25(15-18)39-3/h5-7,9-13,15H,4,8,14,16H2,1-3H3,(H,34,35,38). The molecule has 5 aromatic rings. The maximum atomic E-state index is 14.8. The number of halogens is 2. The van der Waals surface area contributed by atoms with Crippen LogP contribution < -0.4 is 19.8 Å². The number of H-pyrrole nitrogens is 1. The number of aryl methyl sites for hydroxylation is 2. The molecule has 5 rings (SSSR count). The monoisotopic (exact) mass is 575 g/mol. The Morgan fingerprint density at radius 2 is 1.74 bits per heavy atom. The zero-order valence-corrected chi connectivity index (χ0v) is 23.1. The molecule has 1 N–H and O–H groups in total. The highest BCUT2D eigenvalue weighted by Gasteiger charge is 2.19. The smallest absolute Gasteiger partial charge is 0.263 e. The Morgan fingerprint density at radius 1 is 1.00 bits per heavy atom. The third-order valence-electron chi connectivity index (χ3n) is 6.64. The topological polar surface area (TPSA) is 117 Å². The van der Waals surface area contributed by atoms with Gasteiger partial charge < -0.3 is 23.7 Å². The van der Waals surface area contributed by atoms with E-state index in [1.807, 2.05) is 19.1 Å². The lowest BCUT2D eigenvalue weighted by Crippen LogP contribution is -2.17. The molecule has 0 aliphatic heterocycles. The number of ether oxygens (including phenoxy) is 3. The Labute approximate surface area is 239 Å². The van der Waals surface area contributed by atoms with Crippen LogP contribution in [-0.2, 0) is 13.0 Å². The van der Waals surface area contributed by atoms with Gasteiger partial charge in [0.25, 0.3) is 11.4 Å². The first-order chi connectivity index (χ1) is 20.3. The quantitative estimate of drug-likeness (QED) is 0.192. The number of aromatic amines is 1. The molecule has 0 fully saturated rings. The minimum atomic E-state index is -0.739. The first-order valence-electron chi connectivity index (χ1n) is 13.2. The fourth-order valence-corrected chi connectivity index (χ4v) is 4.52. The van der Waals surface area contributed by atoms with Gasteiger partial charge in [-0.3, -0.25) is 9.59 Å². The van der Waals surface area contributed by atoms with Crippen LogP contribution in [0, 0.1) is 18.6 Å². The maximum absolute atomic E-state index is 14.8. The lowest BCUT2D eigenvalue weighted by atomic mass is 10.0. The van der Waals surface area contributed by atoms with Gasteiger partial charge >= 0.3 is 0 Å². The Balaban J connectivity index is 1.32. The summed E-state index contributed by atoms with van der Waals surface area (Å²) in [5.41, 5.74) is 2.38. The molecule has 0 aliphatic carbocycles. The molecule has 0 spiro atoms. The number of methoxy groups -OCH3 is 1. The van der Waals surface area contributed by atoms with E-state index in [2.05, 4.69) is 15.1 Å². The normalized spacial score (nSPS) is 11.1. The number of ketones is 1. The molecule has 9 nitrogen and oxygen atoms in total. The van der Waals surface area contributed by atoms with Crippen LogP contribution in [0.2, 0.25) is 0 Å². The molecule has 2 aromatic heterocycles. The van der Waals surface area contributed by atoms with Gasteiger partial charge in [0.2, 0.25) is 0 Å². The summed E-state index contributed by atoms with van der Waals surface area (Å²) in [4.78, 5) is 32.5. The van der Waals surface area contributed by atoms with E-state index in [-0.39, 0.29) is 47.7 Å². The van der Waals surface area contributed by atoms with E-state index in [0.717, 1.165) is 22.8 Å². The number of carbonyl (C=O) groups is 1. The lowest BCUT2D eigenvalue weighted by Gasteiger charge is -2.11. The number of hydrogen-bond acceptors (Lipinski definition) is 8. The van der Waals surface area contributed by atoms with Gasteiger partial charge in [-0.25, -0.2) is 13.8 Å². The fraction of sp³-hybridized carbons (Fsp3) is 0.226. The van der Waals surface area contributed by atoms with Crippen molar-refractivity contribution in [2.75, 3.05) is 13.7 Å². The second kappa shape index (κ2) is 12.2. The number of nitrogens with one attached hydrogen (secondary N) is 1. The molecular weight excluding hydrogens is 548 g/mol. The van der Waals surface area contributed by atoms with Crippen molar-refractivity contribution < 1.29 is 32.3 Å². The molecule has 0 bridgehead atoms. The van der Waals surface area contributed by atoms with E-state index in [0.29, 0.717) is 23.8 Å². The summed E-state index contributed by atoms with van der Waals surface area (Å²) in [6.07, 6.45) is 0.279. The van der Waals surface area contributed by atoms with Crippen molar-refractivity contribution in [3.63, 3.8) is 0 Å². The minimum Gasteiger partial charge on any atom is -0.494 e. The van der Waals surface area contributed by atoms with E-state index in [1.54, 1.807) is 25.1 Å². The summed E-state index contributed by atoms with van der Waals surface area (Å²) in [5, 5.41) is 3.83. The zero-order chi connectivity index (χ0) is 29.8. The fourth-order valence-electron chi connectivity index (χ4n) is 4.52. The third kappa shape index (κ3) is 5.85. The van der Waals surface area contributed by atoms with Crippen LogP contribution in [0.5, 0.6) is 17.4 Å². The summed E-state index contributed by atoms with van der Waals surface area (Å²) in [6, 6.07) is 14.1. The lowest BCUT2D eigenvalue weighted by molar-refractivity contribution is 0.0973. The van der Waals surface area contributed by atoms with E-state index >= 15 is 0 Å². The number of nitrogens with zero attached hydrogens (tertiary/aromatic N) is 2. The van der Waals surface area contributed by atoms with Crippen molar-refractivity contribution in [1.82, 2.24) is 15.1 Å². The predicted molar refractivity (Wildman–Crippen MR) is 150 cm³/mol. The number of aromatic nitrogens is 3. The Hall–Kier alpha value is -5.06. The van der Waals surface area contributed by atoms with Crippen LogP contribution in [0.4, 0.5) is 8.78 Å². The first kappa shape index (κ1) is 28.5. The molecule has 0 unspecified atom stereocenters. The number of benzene rings is 3. The van der Waals surface area contributed by atoms with Crippen molar-refractivity contribution in [1.29, 1.82) is 0 Å². The van der Waals surface area contributed by atoms with Gasteiger partial charge in [0.15, 0.2) is 34.7 Å². The second-order valence-electron chi connectivity index (χ2n) is 9.41. The van der Waals surface area contributed by atoms with E-state index in [9.17, 15) is 18.4 Å². The summed E-state index contributed by atoms with van der Waals surface area (Å²) in [6.45, 7) is 4.06. The average molecular weight is 576 g/mol. The van der Waals surface area contributed by atoms with Crippen LogP contribution in [0.25, 0.3) is 22.0 Å². The Morgan fingerprint density at radius 3 is 2.48 bits per heavy atom. The molecule has 0 amide bonds. The highest BCUT2D eigenvalue weighted by atomic mass is 19.1. The van der Waals surface area contributed by atoms with Gasteiger partial charge in [0.05, 0.1) is 24.8 Å². The first-order valence-corrected chi connectivity index (χ1v) is 13.2.